The smallest absolute Gasteiger partial charge is 0.124 e. The summed E-state index contributed by atoms with van der Waals surface area (Å²) in [6.07, 6.45) is 0. The third kappa shape index (κ3) is 4.09. The van der Waals surface area contributed by atoms with Gasteiger partial charge in [-0.3, -0.25) is 4.90 Å². The molecule has 2 aromatic carbocycles. The van der Waals surface area contributed by atoms with Crippen LogP contribution in [-0.2, 0) is 6.61 Å². The van der Waals surface area contributed by atoms with E-state index in [4.69, 9.17) is 10.5 Å². The number of para-hydroxylation sites is 1. The highest BCUT2D eigenvalue weighted by molar-refractivity contribution is 5.36. The fourth-order valence-corrected chi connectivity index (χ4v) is 2.76. The number of nitrogens with zero attached hydrogens (tertiary/aromatic N) is 1. The molecule has 0 heterocycles. The van der Waals surface area contributed by atoms with E-state index in [1.807, 2.05) is 30.3 Å². The Morgan fingerprint density at radius 1 is 0.955 bits per heavy atom. The van der Waals surface area contributed by atoms with Crippen molar-refractivity contribution >= 4 is 0 Å². The van der Waals surface area contributed by atoms with Crippen molar-refractivity contribution in [3.63, 3.8) is 0 Å². The lowest BCUT2D eigenvalue weighted by atomic mass is 10.0. The monoisotopic (exact) mass is 298 g/mol. The number of likely N-dealkylation sites (N-methyl/N-ethyl adjacent to an activating group) is 1. The SMILES string of the molecule is CCN(CC)C(CN)c1ccccc1OCc1ccccc1. The van der Waals surface area contributed by atoms with Gasteiger partial charge in [-0.1, -0.05) is 62.4 Å². The quantitative estimate of drug-likeness (QED) is 0.809. The third-order valence-corrected chi connectivity index (χ3v) is 3.99. The van der Waals surface area contributed by atoms with E-state index in [2.05, 4.69) is 43.0 Å². The Morgan fingerprint density at radius 2 is 1.59 bits per heavy atom. The molecule has 0 saturated heterocycles. The molecule has 0 fully saturated rings. The van der Waals surface area contributed by atoms with Crippen LogP contribution in [0.2, 0.25) is 0 Å². The van der Waals surface area contributed by atoms with E-state index in [1.165, 1.54) is 11.1 Å². The van der Waals surface area contributed by atoms with E-state index < -0.39 is 0 Å². The summed E-state index contributed by atoms with van der Waals surface area (Å²) in [5.74, 6) is 0.925. The minimum absolute atomic E-state index is 0.196. The Morgan fingerprint density at radius 3 is 2.23 bits per heavy atom. The molecule has 0 saturated carbocycles. The molecule has 3 nitrogen and oxygen atoms in total. The second-order valence-corrected chi connectivity index (χ2v) is 5.28. The molecule has 0 amide bonds. The first-order chi connectivity index (χ1) is 10.8. The molecular weight excluding hydrogens is 272 g/mol. The molecule has 0 aliphatic rings. The zero-order chi connectivity index (χ0) is 15.8. The van der Waals surface area contributed by atoms with Crippen LogP contribution in [-0.4, -0.2) is 24.5 Å². The first-order valence-electron chi connectivity index (χ1n) is 7.99. The van der Waals surface area contributed by atoms with Crippen LogP contribution in [0.5, 0.6) is 5.75 Å². The molecule has 0 aromatic heterocycles. The van der Waals surface area contributed by atoms with Gasteiger partial charge in [-0.15, -0.1) is 0 Å². The van der Waals surface area contributed by atoms with Gasteiger partial charge in [0.1, 0.15) is 12.4 Å². The molecule has 1 atom stereocenters. The largest absolute Gasteiger partial charge is 0.489 e. The van der Waals surface area contributed by atoms with Crippen LogP contribution in [0.15, 0.2) is 54.6 Å². The fraction of sp³-hybridized carbons (Fsp3) is 0.368. The van der Waals surface area contributed by atoms with Crippen molar-refractivity contribution in [2.75, 3.05) is 19.6 Å². The molecule has 0 radical (unpaired) electrons. The highest BCUT2D eigenvalue weighted by Crippen LogP contribution is 2.29. The number of rotatable bonds is 8. The highest BCUT2D eigenvalue weighted by atomic mass is 16.5. The minimum atomic E-state index is 0.196. The van der Waals surface area contributed by atoms with Crippen molar-refractivity contribution in [2.24, 2.45) is 5.73 Å². The predicted molar refractivity (Wildman–Crippen MR) is 91.9 cm³/mol. The van der Waals surface area contributed by atoms with Gasteiger partial charge in [-0.05, 0) is 24.7 Å². The van der Waals surface area contributed by atoms with Crippen molar-refractivity contribution in [1.29, 1.82) is 0 Å². The molecule has 0 spiro atoms. The molecule has 2 rings (SSSR count). The van der Waals surface area contributed by atoms with Crippen LogP contribution in [0, 0.1) is 0 Å². The second-order valence-electron chi connectivity index (χ2n) is 5.28. The normalized spacial score (nSPS) is 12.4. The first-order valence-corrected chi connectivity index (χ1v) is 7.99. The average Bonchev–Trinajstić information content (AvgIpc) is 2.59. The lowest BCUT2D eigenvalue weighted by Crippen LogP contribution is -2.33. The number of benzene rings is 2. The first kappa shape index (κ1) is 16.5. The Labute approximate surface area is 133 Å². The fourth-order valence-electron chi connectivity index (χ4n) is 2.76. The summed E-state index contributed by atoms with van der Waals surface area (Å²) in [7, 11) is 0. The van der Waals surface area contributed by atoms with Crippen LogP contribution >= 0.6 is 0 Å². The van der Waals surface area contributed by atoms with Crippen molar-refractivity contribution < 1.29 is 4.74 Å². The van der Waals surface area contributed by atoms with Crippen LogP contribution in [0.1, 0.15) is 31.0 Å². The van der Waals surface area contributed by atoms with Crippen molar-refractivity contribution in [1.82, 2.24) is 4.90 Å². The van der Waals surface area contributed by atoms with Gasteiger partial charge in [0, 0.05) is 12.1 Å². The number of nitrogens with two attached hydrogens (primary N) is 1. The Bertz CT molecular complexity index is 552. The maximum Gasteiger partial charge on any atom is 0.124 e. The maximum absolute atomic E-state index is 6.06. The Kier molecular flexibility index (Phi) is 6.44. The predicted octanol–water partition coefficient (Wildman–Crippen LogP) is 3.61. The Hall–Kier alpha value is -1.84. The zero-order valence-electron chi connectivity index (χ0n) is 13.5. The summed E-state index contributed by atoms with van der Waals surface area (Å²) in [6, 6.07) is 18.6. The molecule has 0 aliphatic heterocycles. The van der Waals surface area contributed by atoms with E-state index in [0.29, 0.717) is 13.2 Å². The molecule has 118 valence electrons. The highest BCUT2D eigenvalue weighted by Gasteiger charge is 2.19. The summed E-state index contributed by atoms with van der Waals surface area (Å²) in [4.78, 5) is 2.37. The number of hydrogen-bond donors (Lipinski definition) is 1. The van der Waals surface area contributed by atoms with Gasteiger partial charge in [-0.25, -0.2) is 0 Å². The number of ether oxygens (including phenoxy) is 1. The third-order valence-electron chi connectivity index (χ3n) is 3.99. The zero-order valence-corrected chi connectivity index (χ0v) is 13.5. The van der Waals surface area contributed by atoms with Gasteiger partial charge >= 0.3 is 0 Å². The van der Waals surface area contributed by atoms with Crippen LogP contribution < -0.4 is 10.5 Å². The molecule has 1 unspecified atom stereocenters. The topological polar surface area (TPSA) is 38.5 Å². The summed E-state index contributed by atoms with van der Waals surface area (Å²) in [5, 5.41) is 0. The molecule has 3 heteroatoms. The van der Waals surface area contributed by atoms with Gasteiger partial charge in [0.05, 0.1) is 6.04 Å². The van der Waals surface area contributed by atoms with E-state index in [1.54, 1.807) is 0 Å². The summed E-state index contributed by atoms with van der Waals surface area (Å²) >= 11 is 0. The van der Waals surface area contributed by atoms with E-state index in [9.17, 15) is 0 Å². The molecule has 0 aliphatic carbocycles. The van der Waals surface area contributed by atoms with Crippen molar-refractivity contribution in [3.05, 3.63) is 65.7 Å². The van der Waals surface area contributed by atoms with Crippen LogP contribution in [0.25, 0.3) is 0 Å². The average molecular weight is 298 g/mol. The van der Waals surface area contributed by atoms with Gasteiger partial charge < -0.3 is 10.5 Å². The standard InChI is InChI=1S/C19H26N2O/c1-3-21(4-2)18(14-20)17-12-8-9-13-19(17)22-15-16-10-6-5-7-11-16/h5-13,18H,3-4,14-15,20H2,1-2H3. The van der Waals surface area contributed by atoms with Crippen LogP contribution in [0.3, 0.4) is 0 Å². The van der Waals surface area contributed by atoms with Gasteiger partial charge in [0.25, 0.3) is 0 Å². The lowest BCUT2D eigenvalue weighted by molar-refractivity contribution is 0.214. The molecule has 2 aromatic rings. The molecule has 0 bridgehead atoms. The van der Waals surface area contributed by atoms with Gasteiger partial charge in [0.2, 0.25) is 0 Å². The van der Waals surface area contributed by atoms with E-state index in [0.717, 1.165) is 18.8 Å². The summed E-state index contributed by atoms with van der Waals surface area (Å²) in [5.41, 5.74) is 8.38. The molecule has 22 heavy (non-hydrogen) atoms. The van der Waals surface area contributed by atoms with Gasteiger partial charge in [0.15, 0.2) is 0 Å². The van der Waals surface area contributed by atoms with Crippen molar-refractivity contribution in [3.8, 4) is 5.75 Å². The lowest BCUT2D eigenvalue weighted by Gasteiger charge is -2.30. The summed E-state index contributed by atoms with van der Waals surface area (Å²) in [6.45, 7) is 7.46. The molecular formula is C19H26N2O. The molecule has 2 N–H and O–H groups in total. The maximum atomic E-state index is 6.06. The van der Waals surface area contributed by atoms with E-state index in [-0.39, 0.29) is 6.04 Å². The summed E-state index contributed by atoms with van der Waals surface area (Å²) < 4.78 is 6.06. The van der Waals surface area contributed by atoms with Gasteiger partial charge in [-0.2, -0.15) is 0 Å². The number of hydrogen-bond acceptors (Lipinski definition) is 3. The minimum Gasteiger partial charge on any atom is -0.489 e. The van der Waals surface area contributed by atoms with Crippen LogP contribution in [0.4, 0.5) is 0 Å². The Balaban J connectivity index is 2.18. The second kappa shape index (κ2) is 8.57. The van der Waals surface area contributed by atoms with Crippen molar-refractivity contribution in [2.45, 2.75) is 26.5 Å². The van der Waals surface area contributed by atoms with E-state index >= 15 is 0 Å².